The van der Waals surface area contributed by atoms with E-state index in [-0.39, 0.29) is 5.60 Å². The van der Waals surface area contributed by atoms with Crippen molar-refractivity contribution in [2.24, 2.45) is 0 Å². The van der Waals surface area contributed by atoms with Gasteiger partial charge in [-0.25, -0.2) is 0 Å². The van der Waals surface area contributed by atoms with Crippen LogP contribution < -0.4 is 5.32 Å². The highest BCUT2D eigenvalue weighted by molar-refractivity contribution is 6.35. The summed E-state index contributed by atoms with van der Waals surface area (Å²) in [7, 11) is 1.71. The second-order valence-corrected chi connectivity index (χ2v) is 5.11. The van der Waals surface area contributed by atoms with E-state index < -0.39 is 0 Å². The zero-order valence-electron chi connectivity index (χ0n) is 9.81. The summed E-state index contributed by atoms with van der Waals surface area (Å²) in [6.07, 6.45) is 0.895. The van der Waals surface area contributed by atoms with Crippen molar-refractivity contribution in [2.45, 2.75) is 25.9 Å². The Hall–Kier alpha value is -0.440. The monoisotopic (exact) mass is 261 g/mol. The van der Waals surface area contributed by atoms with Crippen LogP contribution in [0.5, 0.6) is 0 Å². The second-order valence-electron chi connectivity index (χ2n) is 4.26. The number of anilines is 1. The van der Waals surface area contributed by atoms with E-state index in [9.17, 15) is 0 Å². The minimum Gasteiger partial charge on any atom is -0.384 e. The third-order valence-corrected chi connectivity index (χ3v) is 3.09. The third-order valence-electron chi connectivity index (χ3n) is 2.52. The Morgan fingerprint density at radius 3 is 2.62 bits per heavy atom. The molecular formula is C12H17Cl2NO. The van der Waals surface area contributed by atoms with Crippen molar-refractivity contribution < 1.29 is 4.74 Å². The predicted octanol–water partition coefficient (Wildman–Crippen LogP) is 4.22. The second kappa shape index (κ2) is 5.76. The standard InChI is InChI=1S/C12H17Cl2NO/c1-12(2,16-3)6-7-15-11-8-9(13)4-5-10(11)14/h4-5,8,15H,6-7H2,1-3H3. The maximum absolute atomic E-state index is 6.03. The minimum atomic E-state index is -0.127. The summed E-state index contributed by atoms with van der Waals surface area (Å²) in [5.41, 5.74) is 0.735. The first-order chi connectivity index (χ1) is 7.44. The van der Waals surface area contributed by atoms with Gasteiger partial charge in [0.15, 0.2) is 0 Å². The Bertz CT molecular complexity index is 353. The van der Waals surface area contributed by atoms with Gasteiger partial charge in [0.05, 0.1) is 16.3 Å². The van der Waals surface area contributed by atoms with Crippen molar-refractivity contribution in [3.63, 3.8) is 0 Å². The number of ether oxygens (including phenoxy) is 1. The van der Waals surface area contributed by atoms with Crippen molar-refractivity contribution in [2.75, 3.05) is 19.0 Å². The Labute approximate surface area is 107 Å². The van der Waals surface area contributed by atoms with Gasteiger partial charge in [-0.15, -0.1) is 0 Å². The molecule has 1 rings (SSSR count). The number of halogens is 2. The summed E-state index contributed by atoms with van der Waals surface area (Å²) >= 11 is 11.9. The lowest BCUT2D eigenvalue weighted by Crippen LogP contribution is -2.25. The summed E-state index contributed by atoms with van der Waals surface area (Å²) < 4.78 is 5.33. The summed E-state index contributed by atoms with van der Waals surface area (Å²) in [5.74, 6) is 0. The number of nitrogens with one attached hydrogen (secondary N) is 1. The van der Waals surface area contributed by atoms with Crippen LogP contribution in [0, 0.1) is 0 Å². The molecule has 0 spiro atoms. The van der Waals surface area contributed by atoms with Crippen LogP contribution >= 0.6 is 23.2 Å². The molecule has 0 aliphatic carbocycles. The highest BCUT2D eigenvalue weighted by Crippen LogP contribution is 2.25. The van der Waals surface area contributed by atoms with Crippen LogP contribution in [0.4, 0.5) is 5.69 Å². The molecule has 4 heteroatoms. The number of benzene rings is 1. The molecule has 90 valence electrons. The normalized spacial score (nSPS) is 11.6. The average Bonchev–Trinajstić information content (AvgIpc) is 2.23. The molecular weight excluding hydrogens is 245 g/mol. The Morgan fingerprint density at radius 2 is 2.00 bits per heavy atom. The maximum atomic E-state index is 6.03. The fourth-order valence-electron chi connectivity index (χ4n) is 1.23. The van der Waals surface area contributed by atoms with Crippen molar-refractivity contribution in [3.05, 3.63) is 28.2 Å². The van der Waals surface area contributed by atoms with E-state index in [1.165, 1.54) is 0 Å². The van der Waals surface area contributed by atoms with E-state index in [2.05, 4.69) is 5.32 Å². The average molecular weight is 262 g/mol. The predicted molar refractivity (Wildman–Crippen MR) is 70.7 cm³/mol. The molecule has 0 radical (unpaired) electrons. The number of hydrogen-bond donors (Lipinski definition) is 1. The van der Waals surface area contributed by atoms with Gasteiger partial charge in [0, 0.05) is 18.7 Å². The zero-order valence-corrected chi connectivity index (χ0v) is 11.3. The van der Waals surface area contributed by atoms with Crippen LogP contribution in [0.15, 0.2) is 18.2 Å². The maximum Gasteiger partial charge on any atom is 0.0639 e. The zero-order chi connectivity index (χ0) is 12.2. The molecule has 0 saturated carbocycles. The Balaban J connectivity index is 2.52. The molecule has 0 unspecified atom stereocenters. The van der Waals surface area contributed by atoms with E-state index in [1.807, 2.05) is 19.9 Å². The van der Waals surface area contributed by atoms with E-state index >= 15 is 0 Å². The van der Waals surface area contributed by atoms with Crippen LogP contribution in [0.3, 0.4) is 0 Å². The first kappa shape index (κ1) is 13.6. The topological polar surface area (TPSA) is 21.3 Å². The van der Waals surface area contributed by atoms with Gasteiger partial charge in [0.2, 0.25) is 0 Å². The Kier molecular flexibility index (Phi) is 4.90. The van der Waals surface area contributed by atoms with Gasteiger partial charge in [-0.3, -0.25) is 0 Å². The molecule has 0 aromatic heterocycles. The van der Waals surface area contributed by atoms with Gasteiger partial charge in [-0.2, -0.15) is 0 Å². The van der Waals surface area contributed by atoms with Crippen LogP contribution in [-0.2, 0) is 4.74 Å². The lowest BCUT2D eigenvalue weighted by atomic mass is 10.1. The molecule has 0 amide bonds. The van der Waals surface area contributed by atoms with E-state index in [1.54, 1.807) is 19.2 Å². The first-order valence-electron chi connectivity index (χ1n) is 5.19. The van der Waals surface area contributed by atoms with Gasteiger partial charge in [-0.05, 0) is 38.5 Å². The van der Waals surface area contributed by atoms with Crippen molar-refractivity contribution in [3.8, 4) is 0 Å². The highest BCUT2D eigenvalue weighted by atomic mass is 35.5. The molecule has 0 atom stereocenters. The summed E-state index contributed by atoms with van der Waals surface area (Å²) in [4.78, 5) is 0. The smallest absolute Gasteiger partial charge is 0.0639 e. The number of methoxy groups -OCH3 is 1. The van der Waals surface area contributed by atoms with E-state index in [0.717, 1.165) is 18.7 Å². The van der Waals surface area contributed by atoms with Crippen LogP contribution in [0.25, 0.3) is 0 Å². The molecule has 1 aromatic carbocycles. The van der Waals surface area contributed by atoms with Gasteiger partial charge in [-0.1, -0.05) is 23.2 Å². The summed E-state index contributed by atoms with van der Waals surface area (Å²) in [6, 6.07) is 5.38. The largest absolute Gasteiger partial charge is 0.384 e. The van der Waals surface area contributed by atoms with Crippen molar-refractivity contribution in [1.82, 2.24) is 0 Å². The van der Waals surface area contributed by atoms with Crippen molar-refractivity contribution >= 4 is 28.9 Å². The van der Waals surface area contributed by atoms with Gasteiger partial charge < -0.3 is 10.1 Å². The lowest BCUT2D eigenvalue weighted by Gasteiger charge is -2.23. The molecule has 0 bridgehead atoms. The quantitative estimate of drug-likeness (QED) is 0.857. The molecule has 16 heavy (non-hydrogen) atoms. The molecule has 0 aliphatic rings. The summed E-state index contributed by atoms with van der Waals surface area (Å²) in [6.45, 7) is 4.89. The minimum absolute atomic E-state index is 0.127. The number of rotatable bonds is 5. The Morgan fingerprint density at radius 1 is 1.31 bits per heavy atom. The fraction of sp³-hybridized carbons (Fsp3) is 0.500. The first-order valence-corrected chi connectivity index (χ1v) is 5.94. The van der Waals surface area contributed by atoms with Gasteiger partial charge in [0.25, 0.3) is 0 Å². The molecule has 1 aromatic rings. The highest BCUT2D eigenvalue weighted by Gasteiger charge is 2.15. The molecule has 0 heterocycles. The van der Waals surface area contributed by atoms with E-state index in [0.29, 0.717) is 10.0 Å². The molecule has 0 fully saturated rings. The number of hydrogen-bond acceptors (Lipinski definition) is 2. The SMILES string of the molecule is COC(C)(C)CCNc1cc(Cl)ccc1Cl. The van der Waals surface area contributed by atoms with Crippen molar-refractivity contribution in [1.29, 1.82) is 0 Å². The molecule has 2 nitrogen and oxygen atoms in total. The lowest BCUT2D eigenvalue weighted by molar-refractivity contribution is 0.0185. The summed E-state index contributed by atoms with van der Waals surface area (Å²) in [5, 5.41) is 4.61. The van der Waals surface area contributed by atoms with Gasteiger partial charge >= 0.3 is 0 Å². The van der Waals surface area contributed by atoms with E-state index in [4.69, 9.17) is 27.9 Å². The van der Waals surface area contributed by atoms with Crippen LogP contribution in [-0.4, -0.2) is 19.3 Å². The third kappa shape index (κ3) is 4.20. The fourth-order valence-corrected chi connectivity index (χ4v) is 1.59. The molecule has 0 aliphatic heterocycles. The van der Waals surface area contributed by atoms with Crippen LogP contribution in [0.2, 0.25) is 10.0 Å². The molecule has 1 N–H and O–H groups in total. The van der Waals surface area contributed by atoms with Gasteiger partial charge in [0.1, 0.15) is 0 Å². The van der Waals surface area contributed by atoms with Crippen LogP contribution in [0.1, 0.15) is 20.3 Å². The molecule has 0 saturated heterocycles.